The van der Waals surface area contributed by atoms with Gasteiger partial charge in [-0.3, -0.25) is 4.90 Å². The monoisotopic (exact) mass is 406 g/mol. The first-order valence-corrected chi connectivity index (χ1v) is 10.8. The summed E-state index contributed by atoms with van der Waals surface area (Å²) in [4.78, 5) is 15.5. The molecular formula is C20H27FN4O2S. The van der Waals surface area contributed by atoms with E-state index in [4.69, 9.17) is 10.5 Å². The molecule has 1 aliphatic heterocycles. The van der Waals surface area contributed by atoms with Crippen molar-refractivity contribution in [2.45, 2.75) is 43.9 Å². The van der Waals surface area contributed by atoms with E-state index >= 15 is 4.39 Å². The van der Waals surface area contributed by atoms with E-state index in [0.717, 1.165) is 38.5 Å². The van der Waals surface area contributed by atoms with E-state index < -0.39 is 11.8 Å². The number of hydrogen-bond donors (Lipinski definition) is 1. The van der Waals surface area contributed by atoms with E-state index in [2.05, 4.69) is 32.4 Å². The third-order valence-electron chi connectivity index (χ3n) is 6.02. The van der Waals surface area contributed by atoms with Crippen LogP contribution in [-0.4, -0.2) is 59.9 Å². The fourth-order valence-electron chi connectivity index (χ4n) is 4.28. The van der Waals surface area contributed by atoms with Gasteiger partial charge in [-0.05, 0) is 55.8 Å². The second-order valence-corrected chi connectivity index (χ2v) is 8.67. The summed E-state index contributed by atoms with van der Waals surface area (Å²) in [7, 11) is 0. The number of primary amides is 1. The minimum absolute atomic E-state index is 0.224. The lowest BCUT2D eigenvalue weighted by atomic mass is 9.82. The Balaban J connectivity index is 1.24. The van der Waals surface area contributed by atoms with E-state index in [-0.39, 0.29) is 6.10 Å². The van der Waals surface area contributed by atoms with Crippen molar-refractivity contribution >= 4 is 33.5 Å². The first kappa shape index (κ1) is 19.4. The molecule has 1 aromatic carbocycles. The van der Waals surface area contributed by atoms with Crippen molar-refractivity contribution in [1.29, 1.82) is 0 Å². The largest absolute Gasteiger partial charge is 0.446 e. The number of carbonyl (C=O) groups excluding carboxylic acids is 1. The molecule has 2 N–H and O–H groups in total. The van der Waals surface area contributed by atoms with Crippen LogP contribution in [0.25, 0.3) is 10.1 Å². The molecule has 2 fully saturated rings. The summed E-state index contributed by atoms with van der Waals surface area (Å²) in [6, 6.07) is 8.34. The van der Waals surface area contributed by atoms with E-state index in [0.29, 0.717) is 32.1 Å². The summed E-state index contributed by atoms with van der Waals surface area (Å²) < 4.78 is 26.0. The maximum absolute atomic E-state index is 15.1. The predicted molar refractivity (Wildman–Crippen MR) is 110 cm³/mol. The molecule has 0 bridgehead atoms. The highest BCUT2D eigenvalue weighted by Gasteiger charge is 2.36. The highest BCUT2D eigenvalue weighted by Crippen LogP contribution is 2.36. The van der Waals surface area contributed by atoms with E-state index in [1.54, 1.807) is 11.5 Å². The van der Waals surface area contributed by atoms with Gasteiger partial charge in [-0.25, -0.2) is 9.18 Å². The van der Waals surface area contributed by atoms with Crippen molar-refractivity contribution < 1.29 is 13.9 Å². The van der Waals surface area contributed by atoms with Crippen LogP contribution in [-0.2, 0) is 4.74 Å². The molecule has 28 heavy (non-hydrogen) atoms. The second-order valence-electron chi connectivity index (χ2n) is 7.87. The Labute approximate surface area is 168 Å². The van der Waals surface area contributed by atoms with Gasteiger partial charge in [-0.15, -0.1) is 0 Å². The highest BCUT2D eigenvalue weighted by molar-refractivity contribution is 7.13. The molecule has 0 unspecified atom stereocenters. The highest BCUT2D eigenvalue weighted by atomic mass is 32.1. The Morgan fingerprint density at radius 2 is 1.96 bits per heavy atom. The number of piperazine rings is 1. The Morgan fingerprint density at radius 3 is 2.68 bits per heavy atom. The van der Waals surface area contributed by atoms with Crippen LogP contribution < -0.4 is 10.6 Å². The predicted octanol–water partition coefficient (Wildman–Crippen LogP) is 3.55. The Morgan fingerprint density at radius 1 is 1.25 bits per heavy atom. The van der Waals surface area contributed by atoms with Crippen molar-refractivity contribution in [2.75, 3.05) is 37.6 Å². The average Bonchev–Trinajstić information content (AvgIpc) is 3.13. The molecule has 6 nitrogen and oxygen atoms in total. The molecule has 0 radical (unpaired) electrons. The summed E-state index contributed by atoms with van der Waals surface area (Å²) in [6.45, 7) is 4.46. The Kier molecular flexibility index (Phi) is 5.68. The fourth-order valence-corrected chi connectivity index (χ4v) is 5.08. The average molecular weight is 407 g/mol. The summed E-state index contributed by atoms with van der Waals surface area (Å²) >= 11 is 1.55. The number of hydrogen-bond acceptors (Lipinski definition) is 6. The lowest BCUT2D eigenvalue weighted by Gasteiger charge is -2.38. The number of aromatic nitrogens is 1. The van der Waals surface area contributed by atoms with Gasteiger partial charge in [0.2, 0.25) is 0 Å². The van der Waals surface area contributed by atoms with E-state index in [9.17, 15) is 4.79 Å². The molecule has 1 aliphatic carbocycles. The normalized spacial score (nSPS) is 26.5. The van der Waals surface area contributed by atoms with Crippen LogP contribution in [0, 0.1) is 0 Å². The molecule has 1 saturated heterocycles. The number of rotatable bonds is 5. The van der Waals surface area contributed by atoms with Crippen molar-refractivity contribution in [3.05, 3.63) is 24.3 Å². The smallest absolute Gasteiger partial charge is 0.404 e. The standard InChI is InChI=1S/C20H27FN4O2S/c21-20(7-5-15(6-8-20)27-19(22)26)9-10-24-11-13-25(14-12-24)18-16-3-1-2-4-17(16)28-23-18/h1-4,15H,5-14H2,(H2,22,26). The topological polar surface area (TPSA) is 71.7 Å². The number of halogens is 1. The van der Waals surface area contributed by atoms with Gasteiger partial charge >= 0.3 is 6.09 Å². The molecule has 152 valence electrons. The SMILES string of the molecule is NC(=O)OC1CCC(F)(CCN2CCN(c3nsc4ccccc34)CC2)CC1. The zero-order valence-corrected chi connectivity index (χ0v) is 16.8. The quantitative estimate of drug-likeness (QED) is 0.822. The van der Waals surface area contributed by atoms with Crippen LogP contribution in [0.1, 0.15) is 32.1 Å². The summed E-state index contributed by atoms with van der Waals surface area (Å²) in [5, 5.41) is 1.22. The third kappa shape index (κ3) is 4.38. The number of alkyl halides is 1. The molecule has 1 amide bonds. The van der Waals surface area contributed by atoms with Gasteiger partial charge in [0.1, 0.15) is 17.6 Å². The third-order valence-corrected chi connectivity index (χ3v) is 6.83. The Hall–Kier alpha value is -1.93. The molecule has 0 spiro atoms. The molecule has 8 heteroatoms. The number of carbonyl (C=O) groups is 1. The first-order valence-electron chi connectivity index (χ1n) is 9.99. The number of amides is 1. The number of nitrogens with zero attached hydrogens (tertiary/aromatic N) is 3. The van der Waals surface area contributed by atoms with Crippen LogP contribution >= 0.6 is 11.5 Å². The number of ether oxygens (including phenoxy) is 1. The summed E-state index contributed by atoms with van der Waals surface area (Å²) in [5.41, 5.74) is 3.90. The molecule has 1 saturated carbocycles. The lowest BCUT2D eigenvalue weighted by Crippen LogP contribution is -2.48. The minimum atomic E-state index is -1.15. The molecule has 0 atom stereocenters. The number of nitrogens with two attached hydrogens (primary N) is 1. The molecular weight excluding hydrogens is 379 g/mol. The van der Waals surface area contributed by atoms with Gasteiger partial charge in [-0.2, -0.15) is 4.37 Å². The van der Waals surface area contributed by atoms with Crippen LogP contribution in [0.4, 0.5) is 15.0 Å². The van der Waals surface area contributed by atoms with Crippen LogP contribution in [0.3, 0.4) is 0 Å². The van der Waals surface area contributed by atoms with Gasteiger partial charge < -0.3 is 15.4 Å². The maximum Gasteiger partial charge on any atom is 0.404 e. The van der Waals surface area contributed by atoms with E-state index in [1.165, 1.54) is 10.1 Å². The summed E-state index contributed by atoms with van der Waals surface area (Å²) in [5.74, 6) is 1.08. The van der Waals surface area contributed by atoms with Gasteiger partial charge in [-0.1, -0.05) is 12.1 Å². The van der Waals surface area contributed by atoms with Crippen molar-refractivity contribution in [1.82, 2.24) is 9.27 Å². The first-order chi connectivity index (χ1) is 13.5. The van der Waals surface area contributed by atoms with E-state index in [1.807, 2.05) is 6.07 Å². The zero-order chi connectivity index (χ0) is 19.6. The summed E-state index contributed by atoms with van der Waals surface area (Å²) in [6.07, 6.45) is 1.55. The molecule has 4 rings (SSSR count). The van der Waals surface area contributed by atoms with Crippen molar-refractivity contribution in [3.63, 3.8) is 0 Å². The number of fused-ring (bicyclic) bond motifs is 1. The minimum Gasteiger partial charge on any atom is -0.446 e. The zero-order valence-electron chi connectivity index (χ0n) is 16.0. The van der Waals surface area contributed by atoms with Gasteiger partial charge in [0.15, 0.2) is 0 Å². The number of anilines is 1. The maximum atomic E-state index is 15.1. The number of benzene rings is 1. The van der Waals surface area contributed by atoms with Crippen LogP contribution in [0.2, 0.25) is 0 Å². The lowest BCUT2D eigenvalue weighted by molar-refractivity contribution is 0.0120. The van der Waals surface area contributed by atoms with Crippen molar-refractivity contribution in [3.8, 4) is 0 Å². The van der Waals surface area contributed by atoms with Gasteiger partial charge in [0.05, 0.1) is 4.70 Å². The van der Waals surface area contributed by atoms with Gasteiger partial charge in [0, 0.05) is 38.1 Å². The van der Waals surface area contributed by atoms with Crippen LogP contribution in [0.15, 0.2) is 24.3 Å². The fraction of sp³-hybridized carbons (Fsp3) is 0.600. The van der Waals surface area contributed by atoms with Crippen molar-refractivity contribution in [2.24, 2.45) is 5.73 Å². The molecule has 2 aromatic rings. The molecule has 1 aromatic heterocycles. The molecule has 2 aliphatic rings. The second kappa shape index (κ2) is 8.21. The van der Waals surface area contributed by atoms with Gasteiger partial charge in [0.25, 0.3) is 0 Å². The molecule has 2 heterocycles. The Bertz CT molecular complexity index is 813. The van der Waals surface area contributed by atoms with Crippen LogP contribution in [0.5, 0.6) is 0 Å².